The number of fused-ring (bicyclic) bond motifs is 1. The first-order valence-corrected chi connectivity index (χ1v) is 8.94. The predicted molar refractivity (Wildman–Crippen MR) is 105 cm³/mol. The van der Waals surface area contributed by atoms with E-state index in [1.54, 1.807) is 24.3 Å². The first-order chi connectivity index (χ1) is 14.0. The molecule has 1 amide bonds. The third-order valence-electron chi connectivity index (χ3n) is 4.36. The smallest absolute Gasteiger partial charge is 0.264 e. The number of benzene rings is 1. The highest BCUT2D eigenvalue weighted by Crippen LogP contribution is 2.14. The van der Waals surface area contributed by atoms with Crippen LogP contribution in [0.4, 0.5) is 10.2 Å². The number of hydrogen-bond acceptors (Lipinski definition) is 5. The average molecular weight is 392 g/mol. The van der Waals surface area contributed by atoms with Crippen LogP contribution in [0.2, 0.25) is 0 Å². The van der Waals surface area contributed by atoms with Crippen LogP contribution in [0.3, 0.4) is 0 Å². The third-order valence-corrected chi connectivity index (χ3v) is 4.36. The van der Waals surface area contributed by atoms with E-state index in [1.165, 1.54) is 33.9 Å². The first kappa shape index (κ1) is 18.5. The van der Waals surface area contributed by atoms with Gasteiger partial charge in [-0.05, 0) is 43.3 Å². The van der Waals surface area contributed by atoms with Crippen molar-refractivity contribution in [3.05, 3.63) is 76.9 Å². The van der Waals surface area contributed by atoms with E-state index in [4.69, 9.17) is 0 Å². The monoisotopic (exact) mass is 392 g/mol. The van der Waals surface area contributed by atoms with E-state index in [0.29, 0.717) is 22.5 Å². The predicted octanol–water partition coefficient (Wildman–Crippen LogP) is 2.45. The molecule has 0 radical (unpaired) electrons. The zero-order valence-corrected chi connectivity index (χ0v) is 15.5. The Morgan fingerprint density at radius 2 is 1.97 bits per heavy atom. The number of carbonyl (C=O) groups is 1. The molecule has 9 heteroatoms. The molecule has 0 aliphatic heterocycles. The number of nitrogens with zero attached hydrogens (tertiary/aromatic N) is 5. The largest absolute Gasteiger partial charge is 0.311 e. The number of aryl methyl sites for hydroxylation is 2. The normalized spacial score (nSPS) is 11.0. The highest BCUT2D eigenvalue weighted by molar-refractivity contribution is 5.89. The van der Waals surface area contributed by atoms with Gasteiger partial charge in [0.25, 0.3) is 5.56 Å². The number of pyridine rings is 1. The Labute approximate surface area is 164 Å². The second kappa shape index (κ2) is 7.63. The second-order valence-electron chi connectivity index (χ2n) is 6.48. The molecule has 0 aliphatic rings. The van der Waals surface area contributed by atoms with Crippen LogP contribution in [0, 0.1) is 12.7 Å². The number of aromatic nitrogens is 5. The van der Waals surface area contributed by atoms with Crippen LogP contribution in [0.5, 0.6) is 0 Å². The van der Waals surface area contributed by atoms with Crippen molar-refractivity contribution in [2.45, 2.75) is 19.9 Å². The Balaban J connectivity index is 1.51. The van der Waals surface area contributed by atoms with Gasteiger partial charge in [0.15, 0.2) is 5.65 Å². The molecule has 8 nitrogen and oxygen atoms in total. The summed E-state index contributed by atoms with van der Waals surface area (Å²) in [5, 5.41) is 7.21. The molecule has 0 aliphatic carbocycles. The molecule has 0 unspecified atom stereocenters. The van der Waals surface area contributed by atoms with E-state index in [9.17, 15) is 14.0 Å². The molecule has 1 aromatic carbocycles. The van der Waals surface area contributed by atoms with Crippen molar-refractivity contribution in [1.82, 2.24) is 24.3 Å². The van der Waals surface area contributed by atoms with Crippen molar-refractivity contribution < 1.29 is 9.18 Å². The molecule has 3 heterocycles. The summed E-state index contributed by atoms with van der Waals surface area (Å²) in [7, 11) is 0. The summed E-state index contributed by atoms with van der Waals surface area (Å²) in [6, 6.07) is 11.1. The van der Waals surface area contributed by atoms with Gasteiger partial charge in [-0.1, -0.05) is 6.07 Å². The zero-order valence-electron chi connectivity index (χ0n) is 15.5. The van der Waals surface area contributed by atoms with Gasteiger partial charge in [0.1, 0.15) is 17.0 Å². The Morgan fingerprint density at radius 3 is 2.72 bits per heavy atom. The molecule has 0 bridgehead atoms. The van der Waals surface area contributed by atoms with E-state index in [0.717, 1.165) is 5.69 Å². The highest BCUT2D eigenvalue weighted by Gasteiger charge is 2.12. The minimum atomic E-state index is -0.361. The number of amides is 1. The summed E-state index contributed by atoms with van der Waals surface area (Å²) in [5.74, 6) is -0.145. The van der Waals surface area contributed by atoms with Gasteiger partial charge < -0.3 is 5.32 Å². The van der Waals surface area contributed by atoms with Crippen molar-refractivity contribution in [2.75, 3.05) is 5.32 Å². The van der Waals surface area contributed by atoms with Crippen molar-refractivity contribution in [3.63, 3.8) is 0 Å². The summed E-state index contributed by atoms with van der Waals surface area (Å²) in [5.41, 5.74) is 1.46. The fourth-order valence-corrected chi connectivity index (χ4v) is 2.92. The minimum Gasteiger partial charge on any atom is -0.311 e. The van der Waals surface area contributed by atoms with Gasteiger partial charge in [0.05, 0.1) is 18.2 Å². The van der Waals surface area contributed by atoms with E-state index in [2.05, 4.69) is 20.4 Å². The fraction of sp³-hybridized carbons (Fsp3) is 0.150. The van der Waals surface area contributed by atoms with Gasteiger partial charge in [0.2, 0.25) is 5.91 Å². The molecule has 0 atom stereocenters. The highest BCUT2D eigenvalue weighted by atomic mass is 19.1. The van der Waals surface area contributed by atoms with Crippen LogP contribution in [0.25, 0.3) is 16.7 Å². The number of carbonyl (C=O) groups excluding carboxylic acids is 1. The molecule has 0 saturated heterocycles. The van der Waals surface area contributed by atoms with E-state index in [-0.39, 0.29) is 30.2 Å². The van der Waals surface area contributed by atoms with Crippen molar-refractivity contribution in [2.24, 2.45) is 0 Å². The zero-order chi connectivity index (χ0) is 20.4. The Bertz CT molecular complexity index is 1250. The van der Waals surface area contributed by atoms with Crippen molar-refractivity contribution in [3.8, 4) is 5.69 Å². The van der Waals surface area contributed by atoms with E-state index >= 15 is 0 Å². The maximum absolute atomic E-state index is 13.1. The lowest BCUT2D eigenvalue weighted by Gasteiger charge is -2.07. The molecule has 3 aromatic heterocycles. The molecule has 4 aromatic rings. The maximum Gasteiger partial charge on any atom is 0.264 e. The summed E-state index contributed by atoms with van der Waals surface area (Å²) >= 11 is 0. The van der Waals surface area contributed by atoms with Crippen LogP contribution in [-0.2, 0) is 11.3 Å². The Kier molecular flexibility index (Phi) is 4.86. The van der Waals surface area contributed by atoms with Gasteiger partial charge in [-0.3, -0.25) is 14.2 Å². The molecule has 0 fully saturated rings. The van der Waals surface area contributed by atoms with Crippen LogP contribution in [0.15, 0.2) is 59.8 Å². The number of anilines is 1. The standard InChI is InChI=1S/C20H17FN6O2/c1-13-3-2-4-17(24-13)25-18(28)9-10-26-12-22-19-16(20(26)29)11-23-27(19)15-7-5-14(21)6-8-15/h2-8,11-12H,9-10H2,1H3,(H,24,25,28). The first-order valence-electron chi connectivity index (χ1n) is 8.94. The van der Waals surface area contributed by atoms with E-state index < -0.39 is 0 Å². The van der Waals surface area contributed by atoms with Gasteiger partial charge in [-0.15, -0.1) is 0 Å². The molecule has 0 spiro atoms. The molecule has 146 valence electrons. The maximum atomic E-state index is 13.1. The number of nitrogens with one attached hydrogen (secondary N) is 1. The Hall–Kier alpha value is -3.88. The quantitative estimate of drug-likeness (QED) is 0.563. The second-order valence-corrected chi connectivity index (χ2v) is 6.48. The Morgan fingerprint density at radius 1 is 1.17 bits per heavy atom. The number of hydrogen-bond donors (Lipinski definition) is 1. The summed E-state index contributed by atoms with van der Waals surface area (Å²) in [4.78, 5) is 33.4. The summed E-state index contributed by atoms with van der Waals surface area (Å²) < 4.78 is 16.0. The van der Waals surface area contributed by atoms with Gasteiger partial charge >= 0.3 is 0 Å². The minimum absolute atomic E-state index is 0.0921. The average Bonchev–Trinajstić information content (AvgIpc) is 3.13. The lowest BCUT2D eigenvalue weighted by Crippen LogP contribution is -2.23. The topological polar surface area (TPSA) is 94.7 Å². The molecule has 1 N–H and O–H groups in total. The number of halogens is 1. The molecular weight excluding hydrogens is 375 g/mol. The van der Waals surface area contributed by atoms with Gasteiger partial charge in [-0.2, -0.15) is 5.10 Å². The molecule has 4 rings (SSSR count). The summed E-state index contributed by atoms with van der Waals surface area (Å²) in [6.07, 6.45) is 2.89. The van der Waals surface area contributed by atoms with Crippen LogP contribution < -0.4 is 10.9 Å². The SMILES string of the molecule is Cc1cccc(NC(=O)CCn2cnc3c(cnn3-c3ccc(F)cc3)c2=O)n1. The molecular formula is C20H17FN6O2. The van der Waals surface area contributed by atoms with E-state index in [1.807, 2.05) is 13.0 Å². The van der Waals surface area contributed by atoms with Crippen molar-refractivity contribution in [1.29, 1.82) is 0 Å². The number of rotatable bonds is 5. The molecule has 29 heavy (non-hydrogen) atoms. The van der Waals surface area contributed by atoms with Crippen LogP contribution >= 0.6 is 0 Å². The third kappa shape index (κ3) is 3.88. The van der Waals surface area contributed by atoms with Crippen LogP contribution in [-0.4, -0.2) is 30.2 Å². The lowest BCUT2D eigenvalue weighted by molar-refractivity contribution is -0.116. The summed E-state index contributed by atoms with van der Waals surface area (Å²) in [6.45, 7) is 2.00. The van der Waals surface area contributed by atoms with Gasteiger partial charge in [-0.25, -0.2) is 19.0 Å². The lowest BCUT2D eigenvalue weighted by atomic mass is 10.3. The van der Waals surface area contributed by atoms with Crippen LogP contribution in [0.1, 0.15) is 12.1 Å². The molecule has 0 saturated carbocycles. The van der Waals surface area contributed by atoms with Crippen molar-refractivity contribution >= 4 is 22.8 Å². The fourth-order valence-electron chi connectivity index (χ4n) is 2.92. The van der Waals surface area contributed by atoms with Gasteiger partial charge in [0, 0.05) is 18.7 Å².